The number of carbonyl (C=O) groups excluding carboxylic acids is 1. The smallest absolute Gasteiger partial charge is 0.359 e. The zero-order valence-corrected chi connectivity index (χ0v) is 10.8. The zero-order chi connectivity index (χ0) is 13.8. The third-order valence-electron chi connectivity index (χ3n) is 2.79. The number of ether oxygens (including phenoxy) is 1. The minimum atomic E-state index is -0.543. The van der Waals surface area contributed by atoms with E-state index >= 15 is 0 Å². The minimum absolute atomic E-state index is 0.121. The predicted molar refractivity (Wildman–Crippen MR) is 69.8 cm³/mol. The van der Waals surface area contributed by atoms with E-state index in [2.05, 4.69) is 5.10 Å². The molecule has 0 aliphatic heterocycles. The molecule has 1 heterocycles. The minimum Gasteiger partial charge on any atom is -0.456 e. The highest BCUT2D eigenvalue weighted by Crippen LogP contribution is 2.09. The predicted octanol–water partition coefficient (Wildman–Crippen LogP) is 1.45. The maximum atomic E-state index is 11.8. The Morgan fingerprint density at radius 2 is 2.00 bits per heavy atom. The summed E-state index contributed by atoms with van der Waals surface area (Å²) in [7, 11) is 1.49. The Hall–Kier alpha value is -2.43. The Bertz CT molecular complexity index is 662. The van der Waals surface area contributed by atoms with Gasteiger partial charge in [0, 0.05) is 13.1 Å². The molecule has 1 aromatic heterocycles. The maximum absolute atomic E-state index is 11.8. The van der Waals surface area contributed by atoms with Crippen LogP contribution in [0, 0.1) is 6.92 Å². The topological polar surface area (TPSA) is 61.2 Å². The van der Waals surface area contributed by atoms with Crippen LogP contribution in [0.4, 0.5) is 0 Å². The first-order valence-electron chi connectivity index (χ1n) is 5.84. The van der Waals surface area contributed by atoms with Gasteiger partial charge in [0.2, 0.25) is 0 Å². The van der Waals surface area contributed by atoms with E-state index in [4.69, 9.17) is 4.74 Å². The van der Waals surface area contributed by atoms with Gasteiger partial charge in [0.05, 0.1) is 0 Å². The summed E-state index contributed by atoms with van der Waals surface area (Å²) in [5, 5.41) is 3.84. The van der Waals surface area contributed by atoms with Crippen LogP contribution in [0.2, 0.25) is 0 Å². The molecule has 98 valence electrons. The third kappa shape index (κ3) is 3.07. The van der Waals surface area contributed by atoms with Crippen LogP contribution in [-0.4, -0.2) is 15.7 Å². The number of hydrogen-bond donors (Lipinski definition) is 0. The average molecular weight is 258 g/mol. The normalized spacial score (nSPS) is 10.2. The van der Waals surface area contributed by atoms with E-state index in [0.29, 0.717) is 0 Å². The van der Waals surface area contributed by atoms with Crippen molar-refractivity contribution in [2.75, 3.05) is 0 Å². The van der Waals surface area contributed by atoms with Crippen LogP contribution < -0.4 is 5.56 Å². The van der Waals surface area contributed by atoms with E-state index in [-0.39, 0.29) is 17.9 Å². The van der Waals surface area contributed by atoms with Crippen molar-refractivity contribution in [2.24, 2.45) is 7.05 Å². The molecule has 0 spiro atoms. The highest BCUT2D eigenvalue weighted by Gasteiger charge is 2.10. The molecule has 5 nitrogen and oxygen atoms in total. The van der Waals surface area contributed by atoms with Crippen molar-refractivity contribution < 1.29 is 9.53 Å². The quantitative estimate of drug-likeness (QED) is 0.782. The first kappa shape index (κ1) is 13.0. The van der Waals surface area contributed by atoms with Gasteiger partial charge in [0.25, 0.3) is 5.56 Å². The first-order chi connectivity index (χ1) is 9.08. The molecule has 0 unspecified atom stereocenters. The van der Waals surface area contributed by atoms with Gasteiger partial charge in [-0.2, -0.15) is 5.10 Å². The summed E-state index contributed by atoms with van der Waals surface area (Å²) in [5.41, 5.74) is 1.86. The SMILES string of the molecule is Cc1ccccc1COC(=O)c1ccc(=O)n(C)n1. The Balaban J connectivity index is 2.08. The molecule has 2 aromatic rings. The van der Waals surface area contributed by atoms with Gasteiger partial charge < -0.3 is 4.74 Å². The van der Waals surface area contributed by atoms with E-state index < -0.39 is 5.97 Å². The highest BCUT2D eigenvalue weighted by atomic mass is 16.5. The van der Waals surface area contributed by atoms with Crippen molar-refractivity contribution in [3.63, 3.8) is 0 Å². The molecule has 5 heteroatoms. The number of benzene rings is 1. The van der Waals surface area contributed by atoms with Crippen molar-refractivity contribution in [2.45, 2.75) is 13.5 Å². The van der Waals surface area contributed by atoms with Crippen molar-refractivity contribution in [3.05, 3.63) is 63.6 Å². The molecule has 0 bridgehead atoms. The van der Waals surface area contributed by atoms with Gasteiger partial charge >= 0.3 is 5.97 Å². The molecule has 0 radical (unpaired) electrons. The summed E-state index contributed by atoms with van der Waals surface area (Å²) in [6, 6.07) is 10.3. The fourth-order valence-corrected chi connectivity index (χ4v) is 1.60. The van der Waals surface area contributed by atoms with E-state index in [1.54, 1.807) is 0 Å². The average Bonchev–Trinajstić information content (AvgIpc) is 2.40. The molecular weight excluding hydrogens is 244 g/mol. The van der Waals surface area contributed by atoms with Crippen molar-refractivity contribution in [3.8, 4) is 0 Å². The largest absolute Gasteiger partial charge is 0.456 e. The Morgan fingerprint density at radius 3 is 2.68 bits per heavy atom. The van der Waals surface area contributed by atoms with Crippen LogP contribution in [0.15, 0.2) is 41.2 Å². The second-order valence-electron chi connectivity index (χ2n) is 4.18. The number of carbonyl (C=O) groups is 1. The number of rotatable bonds is 3. The van der Waals surface area contributed by atoms with Gasteiger partial charge in [-0.15, -0.1) is 0 Å². The molecular formula is C14H14N2O3. The molecule has 0 saturated heterocycles. The molecule has 0 aliphatic rings. The van der Waals surface area contributed by atoms with E-state index in [0.717, 1.165) is 15.8 Å². The van der Waals surface area contributed by atoms with Crippen LogP contribution in [0.1, 0.15) is 21.6 Å². The van der Waals surface area contributed by atoms with E-state index in [1.807, 2.05) is 31.2 Å². The molecule has 19 heavy (non-hydrogen) atoms. The number of aryl methyl sites for hydroxylation is 2. The van der Waals surface area contributed by atoms with Crippen LogP contribution in [0.5, 0.6) is 0 Å². The van der Waals surface area contributed by atoms with Crippen LogP contribution >= 0.6 is 0 Å². The number of esters is 1. The van der Waals surface area contributed by atoms with Crippen LogP contribution in [0.3, 0.4) is 0 Å². The lowest BCUT2D eigenvalue weighted by Gasteiger charge is -2.07. The van der Waals surface area contributed by atoms with Crippen molar-refractivity contribution in [1.29, 1.82) is 0 Å². The Kier molecular flexibility index (Phi) is 3.75. The fraction of sp³-hybridized carbons (Fsp3) is 0.214. The summed E-state index contributed by atoms with van der Waals surface area (Å²) in [6.07, 6.45) is 0. The van der Waals surface area contributed by atoms with E-state index in [9.17, 15) is 9.59 Å². The lowest BCUT2D eigenvalue weighted by Crippen LogP contribution is -2.21. The van der Waals surface area contributed by atoms with Crippen molar-refractivity contribution in [1.82, 2.24) is 9.78 Å². The summed E-state index contributed by atoms with van der Waals surface area (Å²) < 4.78 is 6.27. The molecule has 0 N–H and O–H groups in total. The summed E-state index contributed by atoms with van der Waals surface area (Å²) >= 11 is 0. The summed E-state index contributed by atoms with van der Waals surface area (Å²) in [5.74, 6) is -0.543. The third-order valence-corrected chi connectivity index (χ3v) is 2.79. The molecule has 2 rings (SSSR count). The summed E-state index contributed by atoms with van der Waals surface area (Å²) in [4.78, 5) is 23.0. The van der Waals surface area contributed by atoms with Gasteiger partial charge in [0.1, 0.15) is 6.61 Å². The van der Waals surface area contributed by atoms with Gasteiger partial charge in [-0.05, 0) is 24.1 Å². The van der Waals surface area contributed by atoms with E-state index in [1.165, 1.54) is 19.2 Å². The van der Waals surface area contributed by atoms with Gasteiger partial charge in [0.15, 0.2) is 5.69 Å². The Morgan fingerprint density at radius 1 is 1.26 bits per heavy atom. The molecule has 0 aliphatic carbocycles. The molecule has 0 atom stereocenters. The van der Waals surface area contributed by atoms with Crippen LogP contribution in [-0.2, 0) is 18.4 Å². The number of aromatic nitrogens is 2. The zero-order valence-electron chi connectivity index (χ0n) is 10.8. The highest BCUT2D eigenvalue weighted by molar-refractivity contribution is 5.86. The van der Waals surface area contributed by atoms with Gasteiger partial charge in [-0.25, -0.2) is 9.48 Å². The Labute approximate surface area is 110 Å². The fourth-order valence-electron chi connectivity index (χ4n) is 1.60. The van der Waals surface area contributed by atoms with Crippen molar-refractivity contribution >= 4 is 5.97 Å². The lowest BCUT2D eigenvalue weighted by molar-refractivity contribution is 0.0462. The molecule has 0 saturated carbocycles. The van der Waals surface area contributed by atoms with Gasteiger partial charge in [-0.3, -0.25) is 4.79 Å². The standard InChI is InChI=1S/C14H14N2O3/c1-10-5-3-4-6-11(10)9-19-14(18)12-7-8-13(17)16(2)15-12/h3-8H,9H2,1-2H3. The molecule has 1 aromatic carbocycles. The first-order valence-corrected chi connectivity index (χ1v) is 5.84. The number of hydrogen-bond acceptors (Lipinski definition) is 4. The second kappa shape index (κ2) is 5.48. The summed E-state index contributed by atoms with van der Waals surface area (Å²) in [6.45, 7) is 2.14. The second-order valence-corrected chi connectivity index (χ2v) is 4.18. The van der Waals surface area contributed by atoms with Crippen LogP contribution in [0.25, 0.3) is 0 Å². The monoisotopic (exact) mass is 258 g/mol. The lowest BCUT2D eigenvalue weighted by atomic mass is 10.1. The molecule has 0 fully saturated rings. The van der Waals surface area contributed by atoms with Gasteiger partial charge in [-0.1, -0.05) is 24.3 Å². The number of nitrogens with zero attached hydrogens (tertiary/aromatic N) is 2. The molecule has 0 amide bonds. The maximum Gasteiger partial charge on any atom is 0.359 e.